The van der Waals surface area contributed by atoms with Crippen molar-refractivity contribution in [1.29, 1.82) is 0 Å². The molecule has 2 aliphatic rings. The van der Waals surface area contributed by atoms with Gasteiger partial charge in [0.15, 0.2) is 0 Å². The number of hydrogen-bond acceptors (Lipinski definition) is 3. The first kappa shape index (κ1) is 20.5. The van der Waals surface area contributed by atoms with Gasteiger partial charge in [0.05, 0.1) is 29.8 Å². The van der Waals surface area contributed by atoms with Gasteiger partial charge in [0.2, 0.25) is 0 Å². The van der Waals surface area contributed by atoms with Crippen LogP contribution < -0.4 is 4.74 Å². The van der Waals surface area contributed by atoms with Gasteiger partial charge in [0.25, 0.3) is 0 Å². The lowest BCUT2D eigenvalue weighted by atomic mass is 9.75. The Morgan fingerprint density at radius 2 is 1.48 bits per heavy atom. The van der Waals surface area contributed by atoms with Crippen molar-refractivity contribution in [3.63, 3.8) is 0 Å². The lowest BCUT2D eigenvalue weighted by Gasteiger charge is -2.33. The van der Waals surface area contributed by atoms with E-state index in [0.717, 1.165) is 48.4 Å². The van der Waals surface area contributed by atoms with Crippen molar-refractivity contribution in [2.45, 2.75) is 56.5 Å². The van der Waals surface area contributed by atoms with E-state index in [2.05, 4.69) is 45.8 Å². The Labute approximate surface area is 194 Å². The summed E-state index contributed by atoms with van der Waals surface area (Å²) in [4.78, 5) is 4.34. The molecule has 33 heavy (non-hydrogen) atoms. The molecule has 0 saturated heterocycles. The highest BCUT2D eigenvalue weighted by Gasteiger charge is 2.34. The summed E-state index contributed by atoms with van der Waals surface area (Å²) in [6.07, 6.45) is 10.1. The zero-order valence-corrected chi connectivity index (χ0v) is 18.8. The Balaban J connectivity index is 1.14. The lowest BCUT2D eigenvalue weighted by Crippen LogP contribution is -2.22. The molecule has 2 saturated carbocycles. The third-order valence-electron chi connectivity index (χ3n) is 7.50. The standard InChI is InChI=1S/C29H30N2O2/c32-29(28-27(22-8-9-22)17-14-24-18-30-19-31(24)28)23-10-6-20(7-11-23)21-12-15-26(16-13-21)33-25-4-2-1-3-5-25/h1-5,12-20,22-23,29,32H,6-11H2/t20?,23?,29-/m0/s1. The quantitative estimate of drug-likeness (QED) is 0.352. The second kappa shape index (κ2) is 8.68. The number of aromatic nitrogens is 2. The van der Waals surface area contributed by atoms with Gasteiger partial charge in [-0.25, -0.2) is 4.98 Å². The third kappa shape index (κ3) is 4.16. The van der Waals surface area contributed by atoms with Gasteiger partial charge in [-0.1, -0.05) is 36.4 Å². The van der Waals surface area contributed by atoms with Crippen LogP contribution in [0.15, 0.2) is 79.3 Å². The molecule has 168 valence electrons. The largest absolute Gasteiger partial charge is 0.457 e. The van der Waals surface area contributed by atoms with Gasteiger partial charge in [-0.2, -0.15) is 0 Å². The second-order valence-corrected chi connectivity index (χ2v) is 9.68. The monoisotopic (exact) mass is 438 g/mol. The number of ether oxygens (including phenoxy) is 1. The summed E-state index contributed by atoms with van der Waals surface area (Å²) in [6.45, 7) is 0. The van der Waals surface area contributed by atoms with Crippen molar-refractivity contribution in [1.82, 2.24) is 9.38 Å². The van der Waals surface area contributed by atoms with Crippen molar-refractivity contribution in [3.05, 3.63) is 96.1 Å². The second-order valence-electron chi connectivity index (χ2n) is 9.68. The zero-order chi connectivity index (χ0) is 22.2. The van der Waals surface area contributed by atoms with E-state index in [-0.39, 0.29) is 0 Å². The Morgan fingerprint density at radius 1 is 0.788 bits per heavy atom. The molecule has 0 aliphatic heterocycles. The molecule has 2 aromatic carbocycles. The van der Waals surface area contributed by atoms with Crippen LogP contribution in [0.5, 0.6) is 11.5 Å². The third-order valence-corrected chi connectivity index (χ3v) is 7.50. The first-order valence-electron chi connectivity index (χ1n) is 12.2. The van der Waals surface area contributed by atoms with E-state index >= 15 is 0 Å². The van der Waals surface area contributed by atoms with Crippen molar-refractivity contribution >= 4 is 5.52 Å². The van der Waals surface area contributed by atoms with Crippen LogP contribution in [-0.4, -0.2) is 14.5 Å². The molecule has 0 spiro atoms. The number of pyridine rings is 1. The first-order valence-corrected chi connectivity index (χ1v) is 12.2. The fourth-order valence-electron chi connectivity index (χ4n) is 5.51. The minimum absolute atomic E-state index is 0.299. The SMILES string of the molecule is O[C@H](c1c(C2CC2)ccc2cncn12)C1CCC(c2ccc(Oc3ccccc3)cc2)CC1. The van der Waals surface area contributed by atoms with E-state index < -0.39 is 6.10 Å². The minimum Gasteiger partial charge on any atom is -0.457 e. The van der Waals surface area contributed by atoms with Gasteiger partial charge in [-0.15, -0.1) is 0 Å². The molecule has 2 fully saturated rings. The Kier molecular flexibility index (Phi) is 5.39. The number of hydrogen-bond donors (Lipinski definition) is 1. The van der Waals surface area contributed by atoms with E-state index in [0.29, 0.717) is 17.8 Å². The van der Waals surface area contributed by atoms with E-state index in [1.54, 1.807) is 0 Å². The summed E-state index contributed by atoms with van der Waals surface area (Å²) < 4.78 is 8.06. The van der Waals surface area contributed by atoms with Gasteiger partial charge in [0, 0.05) is 0 Å². The molecule has 2 heterocycles. The summed E-state index contributed by atoms with van der Waals surface area (Å²) in [5.41, 5.74) is 4.85. The van der Waals surface area contributed by atoms with E-state index in [9.17, 15) is 5.11 Å². The molecule has 6 rings (SSSR count). The normalized spacial score (nSPS) is 21.7. The molecule has 0 unspecified atom stereocenters. The Bertz CT molecular complexity index is 1220. The van der Waals surface area contributed by atoms with Crippen LogP contribution in [-0.2, 0) is 0 Å². The van der Waals surface area contributed by atoms with Gasteiger partial charge in [-0.3, -0.25) is 0 Å². The van der Waals surface area contributed by atoms with Crippen molar-refractivity contribution in [2.24, 2.45) is 5.92 Å². The predicted molar refractivity (Wildman–Crippen MR) is 130 cm³/mol. The number of fused-ring (bicyclic) bond motifs is 1. The fraction of sp³-hybridized carbons (Fsp3) is 0.345. The number of benzene rings is 2. The molecule has 0 bridgehead atoms. The van der Waals surface area contributed by atoms with Crippen LogP contribution in [0.1, 0.15) is 73.3 Å². The maximum absolute atomic E-state index is 11.5. The topological polar surface area (TPSA) is 46.8 Å². The van der Waals surface area contributed by atoms with E-state index in [1.165, 1.54) is 24.0 Å². The molecule has 4 aromatic rings. The maximum Gasteiger partial charge on any atom is 0.127 e. The average Bonchev–Trinajstić information content (AvgIpc) is 3.60. The van der Waals surface area contributed by atoms with Crippen molar-refractivity contribution < 1.29 is 9.84 Å². The maximum atomic E-state index is 11.5. The number of rotatable bonds is 6. The van der Waals surface area contributed by atoms with Crippen LogP contribution in [0.4, 0.5) is 0 Å². The number of nitrogens with zero attached hydrogens (tertiary/aromatic N) is 2. The summed E-state index contributed by atoms with van der Waals surface area (Å²) >= 11 is 0. The van der Waals surface area contributed by atoms with Crippen molar-refractivity contribution in [3.8, 4) is 11.5 Å². The minimum atomic E-state index is -0.430. The van der Waals surface area contributed by atoms with Crippen molar-refractivity contribution in [2.75, 3.05) is 0 Å². The van der Waals surface area contributed by atoms with E-state index in [1.807, 2.05) is 42.9 Å². The number of imidazole rings is 1. The average molecular weight is 439 g/mol. The highest BCUT2D eigenvalue weighted by molar-refractivity contribution is 5.50. The molecular formula is C29H30N2O2. The smallest absolute Gasteiger partial charge is 0.127 e. The fourth-order valence-corrected chi connectivity index (χ4v) is 5.51. The van der Waals surface area contributed by atoms with Crippen LogP contribution in [0.3, 0.4) is 0 Å². The highest BCUT2D eigenvalue weighted by Crippen LogP contribution is 2.47. The zero-order valence-electron chi connectivity index (χ0n) is 18.8. The summed E-state index contributed by atoms with van der Waals surface area (Å²) in [5, 5.41) is 11.5. The molecule has 0 radical (unpaired) electrons. The Morgan fingerprint density at radius 3 is 2.21 bits per heavy atom. The molecule has 0 amide bonds. The molecule has 4 heteroatoms. The highest BCUT2D eigenvalue weighted by atomic mass is 16.5. The van der Waals surface area contributed by atoms with Crippen LogP contribution in [0, 0.1) is 5.92 Å². The predicted octanol–water partition coefficient (Wildman–Crippen LogP) is 7.01. The Hall–Kier alpha value is -3.11. The first-order chi connectivity index (χ1) is 16.3. The van der Waals surface area contributed by atoms with Crippen LogP contribution >= 0.6 is 0 Å². The summed E-state index contributed by atoms with van der Waals surface area (Å²) in [5.74, 6) is 3.18. The molecule has 2 aliphatic carbocycles. The molecular weight excluding hydrogens is 408 g/mol. The molecule has 4 nitrogen and oxygen atoms in total. The van der Waals surface area contributed by atoms with Gasteiger partial charge in [-0.05, 0) is 97.7 Å². The van der Waals surface area contributed by atoms with Crippen LogP contribution in [0.2, 0.25) is 0 Å². The molecule has 2 aromatic heterocycles. The van der Waals surface area contributed by atoms with Gasteiger partial charge >= 0.3 is 0 Å². The number of aliphatic hydroxyl groups is 1. The van der Waals surface area contributed by atoms with Gasteiger partial charge < -0.3 is 14.2 Å². The number of para-hydroxylation sites is 1. The van der Waals surface area contributed by atoms with E-state index in [4.69, 9.17) is 4.74 Å². The summed E-state index contributed by atoms with van der Waals surface area (Å²) in [6, 6.07) is 22.8. The van der Waals surface area contributed by atoms with Crippen LogP contribution in [0.25, 0.3) is 5.52 Å². The lowest BCUT2D eigenvalue weighted by molar-refractivity contribution is 0.0754. The van der Waals surface area contributed by atoms with Gasteiger partial charge in [0.1, 0.15) is 11.5 Å². The summed E-state index contributed by atoms with van der Waals surface area (Å²) in [7, 11) is 0. The number of aliphatic hydroxyl groups excluding tert-OH is 1. The molecule has 1 N–H and O–H groups in total. The molecule has 1 atom stereocenters.